The number of hydrogen-bond acceptors (Lipinski definition) is 3. The van der Waals surface area contributed by atoms with Gasteiger partial charge >= 0.3 is 0 Å². The van der Waals surface area contributed by atoms with E-state index in [1.165, 1.54) is 0 Å². The molecule has 0 atom stereocenters. The number of rotatable bonds is 3. The molecule has 92 valence electrons. The Morgan fingerprint density at radius 2 is 2.18 bits per heavy atom. The summed E-state index contributed by atoms with van der Waals surface area (Å²) in [5, 5.41) is 0. The van der Waals surface area contributed by atoms with Gasteiger partial charge in [-0.15, -0.1) is 0 Å². The van der Waals surface area contributed by atoms with Crippen LogP contribution >= 0.6 is 15.9 Å². The molecule has 0 spiro atoms. The van der Waals surface area contributed by atoms with E-state index in [0.29, 0.717) is 5.78 Å². The van der Waals surface area contributed by atoms with Crippen LogP contribution < -0.4 is 0 Å². The lowest BCUT2D eigenvalue weighted by atomic mass is 9.93. The highest BCUT2D eigenvalue weighted by molar-refractivity contribution is 9.10. The number of Topliss-reactive ketones (excluding diaryl/α,β-unsaturated/α-hetero) is 1. The van der Waals surface area contributed by atoms with Crippen molar-refractivity contribution in [1.29, 1.82) is 0 Å². The van der Waals surface area contributed by atoms with Crippen LogP contribution in [0.1, 0.15) is 25.5 Å². The lowest BCUT2D eigenvalue weighted by Gasteiger charge is -2.30. The van der Waals surface area contributed by atoms with Crippen LogP contribution in [0.3, 0.4) is 0 Å². The first-order valence-corrected chi connectivity index (χ1v) is 6.77. The van der Waals surface area contributed by atoms with Crippen molar-refractivity contribution in [1.82, 2.24) is 9.88 Å². The van der Waals surface area contributed by atoms with Gasteiger partial charge in [-0.3, -0.25) is 14.7 Å². The quantitative estimate of drug-likeness (QED) is 0.860. The largest absolute Gasteiger partial charge is 0.300 e. The van der Waals surface area contributed by atoms with Gasteiger partial charge in [0.1, 0.15) is 5.78 Å². The lowest BCUT2D eigenvalue weighted by molar-refractivity contribution is -0.122. The zero-order valence-corrected chi connectivity index (χ0v) is 11.6. The van der Waals surface area contributed by atoms with E-state index in [0.717, 1.165) is 42.6 Å². The number of carbonyl (C=O) groups is 1. The van der Waals surface area contributed by atoms with Crippen molar-refractivity contribution in [3.05, 3.63) is 28.5 Å². The van der Waals surface area contributed by atoms with Crippen molar-refractivity contribution < 1.29 is 4.79 Å². The fourth-order valence-corrected chi connectivity index (χ4v) is 2.46. The molecule has 0 bridgehead atoms. The van der Waals surface area contributed by atoms with Crippen molar-refractivity contribution in [2.75, 3.05) is 13.1 Å². The zero-order valence-electron chi connectivity index (χ0n) is 10.0. The van der Waals surface area contributed by atoms with Crippen LogP contribution in [0.2, 0.25) is 0 Å². The van der Waals surface area contributed by atoms with Gasteiger partial charge in [-0.25, -0.2) is 0 Å². The molecule has 17 heavy (non-hydrogen) atoms. The molecule has 1 aliphatic heterocycles. The first-order valence-electron chi connectivity index (χ1n) is 5.98. The topological polar surface area (TPSA) is 33.2 Å². The average Bonchev–Trinajstić information content (AvgIpc) is 2.33. The van der Waals surface area contributed by atoms with Crippen molar-refractivity contribution >= 4 is 21.7 Å². The molecule has 2 heterocycles. The monoisotopic (exact) mass is 296 g/mol. The molecule has 1 fully saturated rings. The molecule has 1 saturated heterocycles. The van der Waals surface area contributed by atoms with Gasteiger partial charge in [0, 0.05) is 23.1 Å². The first kappa shape index (κ1) is 12.7. The van der Waals surface area contributed by atoms with E-state index in [1.807, 2.05) is 18.3 Å². The maximum atomic E-state index is 11.3. The molecule has 3 nitrogen and oxygen atoms in total. The molecule has 2 rings (SSSR count). The minimum Gasteiger partial charge on any atom is -0.300 e. The van der Waals surface area contributed by atoms with Crippen LogP contribution in [0.25, 0.3) is 0 Å². The highest BCUT2D eigenvalue weighted by Gasteiger charge is 2.22. The van der Waals surface area contributed by atoms with Gasteiger partial charge in [-0.1, -0.05) is 0 Å². The van der Waals surface area contributed by atoms with E-state index < -0.39 is 0 Å². The third-order valence-electron chi connectivity index (χ3n) is 3.34. The van der Waals surface area contributed by atoms with Gasteiger partial charge in [0.15, 0.2) is 0 Å². The Kier molecular flexibility index (Phi) is 4.29. The first-order chi connectivity index (χ1) is 8.15. The van der Waals surface area contributed by atoms with Crippen LogP contribution in [0, 0.1) is 5.92 Å². The number of ketones is 1. The molecule has 0 aromatic carbocycles. The highest BCUT2D eigenvalue weighted by Crippen LogP contribution is 2.19. The number of piperidine rings is 1. The van der Waals surface area contributed by atoms with E-state index in [-0.39, 0.29) is 5.92 Å². The number of hydrogen-bond donors (Lipinski definition) is 0. The summed E-state index contributed by atoms with van der Waals surface area (Å²) in [7, 11) is 0. The molecular formula is C13H17BrN2O. The van der Waals surface area contributed by atoms with E-state index >= 15 is 0 Å². The molecule has 0 amide bonds. The normalized spacial score (nSPS) is 18.2. The lowest BCUT2D eigenvalue weighted by Crippen LogP contribution is -2.35. The van der Waals surface area contributed by atoms with E-state index in [4.69, 9.17) is 0 Å². The summed E-state index contributed by atoms with van der Waals surface area (Å²) in [6.45, 7) is 4.60. The summed E-state index contributed by atoms with van der Waals surface area (Å²) in [6, 6.07) is 4.06. The molecule has 1 aromatic rings. The van der Waals surface area contributed by atoms with Gasteiger partial charge in [0.2, 0.25) is 0 Å². The van der Waals surface area contributed by atoms with E-state index in [2.05, 4.69) is 25.8 Å². The van der Waals surface area contributed by atoms with Crippen molar-refractivity contribution in [2.24, 2.45) is 5.92 Å². The summed E-state index contributed by atoms with van der Waals surface area (Å²) < 4.78 is 1.01. The SMILES string of the molecule is CC(=O)C1CCN(Cc2ccc(Br)cn2)CC1. The maximum absolute atomic E-state index is 11.3. The van der Waals surface area contributed by atoms with Gasteiger partial charge in [-0.2, -0.15) is 0 Å². The molecule has 0 unspecified atom stereocenters. The average molecular weight is 297 g/mol. The Balaban J connectivity index is 1.85. The summed E-state index contributed by atoms with van der Waals surface area (Å²) in [5.41, 5.74) is 1.09. The van der Waals surface area contributed by atoms with Crippen LogP contribution in [-0.2, 0) is 11.3 Å². The number of carbonyl (C=O) groups excluding carboxylic acids is 1. The molecule has 0 saturated carbocycles. The minimum atomic E-state index is 0.282. The predicted octanol–water partition coefficient (Wildman–Crippen LogP) is 2.65. The van der Waals surface area contributed by atoms with E-state index in [1.54, 1.807) is 6.92 Å². The molecule has 0 radical (unpaired) electrons. The molecule has 0 aliphatic carbocycles. The van der Waals surface area contributed by atoms with Gasteiger partial charge in [-0.05, 0) is 60.9 Å². The van der Waals surface area contributed by atoms with Crippen LogP contribution in [0.4, 0.5) is 0 Å². The third-order valence-corrected chi connectivity index (χ3v) is 3.81. The minimum absolute atomic E-state index is 0.282. The number of likely N-dealkylation sites (tertiary alicyclic amines) is 1. The van der Waals surface area contributed by atoms with Crippen molar-refractivity contribution in [3.63, 3.8) is 0 Å². The Hall–Kier alpha value is -0.740. The van der Waals surface area contributed by atoms with Gasteiger partial charge in [0.05, 0.1) is 5.69 Å². The van der Waals surface area contributed by atoms with Crippen molar-refractivity contribution in [3.8, 4) is 0 Å². The zero-order chi connectivity index (χ0) is 12.3. The van der Waals surface area contributed by atoms with Crippen LogP contribution in [-0.4, -0.2) is 28.8 Å². The molecule has 0 N–H and O–H groups in total. The maximum Gasteiger partial charge on any atom is 0.133 e. The number of halogens is 1. The Morgan fingerprint density at radius 3 is 2.71 bits per heavy atom. The Morgan fingerprint density at radius 1 is 1.47 bits per heavy atom. The number of aromatic nitrogens is 1. The Labute approximate surface area is 110 Å². The fraction of sp³-hybridized carbons (Fsp3) is 0.538. The fourth-order valence-electron chi connectivity index (χ4n) is 2.23. The van der Waals surface area contributed by atoms with Crippen LogP contribution in [0.15, 0.2) is 22.8 Å². The number of pyridine rings is 1. The predicted molar refractivity (Wildman–Crippen MR) is 70.6 cm³/mol. The second-order valence-electron chi connectivity index (χ2n) is 4.63. The highest BCUT2D eigenvalue weighted by atomic mass is 79.9. The standard InChI is InChI=1S/C13H17BrN2O/c1-10(17)11-4-6-16(7-5-11)9-13-3-2-12(14)8-15-13/h2-3,8,11H,4-7,9H2,1H3. The third kappa shape index (κ3) is 3.61. The summed E-state index contributed by atoms with van der Waals surface area (Å²) in [6.07, 6.45) is 3.81. The van der Waals surface area contributed by atoms with Crippen molar-refractivity contribution in [2.45, 2.75) is 26.3 Å². The molecular weight excluding hydrogens is 280 g/mol. The van der Waals surface area contributed by atoms with Crippen LogP contribution in [0.5, 0.6) is 0 Å². The molecule has 4 heteroatoms. The van der Waals surface area contributed by atoms with Gasteiger partial charge < -0.3 is 0 Å². The van der Waals surface area contributed by atoms with E-state index in [9.17, 15) is 4.79 Å². The van der Waals surface area contributed by atoms with Gasteiger partial charge in [0.25, 0.3) is 0 Å². The Bertz CT molecular complexity index is 383. The second-order valence-corrected chi connectivity index (χ2v) is 5.54. The number of nitrogens with zero attached hydrogens (tertiary/aromatic N) is 2. The second kappa shape index (κ2) is 5.74. The molecule has 1 aliphatic rings. The summed E-state index contributed by atoms with van der Waals surface area (Å²) in [5.74, 6) is 0.621. The smallest absolute Gasteiger partial charge is 0.133 e. The summed E-state index contributed by atoms with van der Waals surface area (Å²) >= 11 is 3.38. The summed E-state index contributed by atoms with van der Waals surface area (Å²) in [4.78, 5) is 18.0. The molecule has 1 aromatic heterocycles.